The summed E-state index contributed by atoms with van der Waals surface area (Å²) in [7, 11) is 0. The van der Waals surface area contributed by atoms with Crippen molar-refractivity contribution in [2.24, 2.45) is 5.73 Å². The molecular weight excluding hydrogens is 202 g/mol. The SMILES string of the molecule is NC(=O)C1(O)CO[C@@H](c2ccco2)[C@H]1O. The lowest BCUT2D eigenvalue weighted by atomic mass is 9.95. The maximum absolute atomic E-state index is 11.0. The summed E-state index contributed by atoms with van der Waals surface area (Å²) in [6, 6.07) is 3.20. The molecule has 1 aliphatic heterocycles. The van der Waals surface area contributed by atoms with E-state index in [0.717, 1.165) is 0 Å². The van der Waals surface area contributed by atoms with E-state index in [1.165, 1.54) is 6.26 Å². The summed E-state index contributed by atoms with van der Waals surface area (Å²) in [6.07, 6.45) is -0.869. The molecule has 6 nitrogen and oxygen atoms in total. The van der Waals surface area contributed by atoms with E-state index in [0.29, 0.717) is 5.76 Å². The van der Waals surface area contributed by atoms with Crippen LogP contribution in [0.25, 0.3) is 0 Å². The number of rotatable bonds is 2. The first-order chi connectivity index (χ1) is 7.05. The second-order valence-corrected chi connectivity index (χ2v) is 3.48. The molecule has 1 aliphatic rings. The summed E-state index contributed by atoms with van der Waals surface area (Å²) in [6.45, 7) is -0.338. The molecule has 0 radical (unpaired) electrons. The fraction of sp³-hybridized carbons (Fsp3) is 0.444. The van der Waals surface area contributed by atoms with Gasteiger partial charge in [-0.15, -0.1) is 0 Å². The van der Waals surface area contributed by atoms with E-state index in [-0.39, 0.29) is 6.61 Å². The number of aliphatic hydroxyl groups excluding tert-OH is 1. The van der Waals surface area contributed by atoms with Crippen molar-refractivity contribution in [1.29, 1.82) is 0 Å². The predicted molar refractivity (Wildman–Crippen MR) is 47.6 cm³/mol. The van der Waals surface area contributed by atoms with Crippen LogP contribution in [-0.2, 0) is 9.53 Å². The van der Waals surface area contributed by atoms with Gasteiger partial charge in [0.05, 0.1) is 12.9 Å². The number of nitrogens with two attached hydrogens (primary N) is 1. The molecule has 1 aromatic heterocycles. The Bertz CT molecular complexity index is 363. The molecule has 0 aliphatic carbocycles. The molecule has 3 atom stereocenters. The summed E-state index contributed by atoms with van der Waals surface area (Å²) in [5.41, 5.74) is 2.93. The van der Waals surface area contributed by atoms with Crippen molar-refractivity contribution in [1.82, 2.24) is 0 Å². The number of carbonyl (C=O) groups is 1. The van der Waals surface area contributed by atoms with Gasteiger partial charge in [0, 0.05) is 0 Å². The summed E-state index contributed by atoms with van der Waals surface area (Å²) < 4.78 is 10.1. The molecule has 0 spiro atoms. The first kappa shape index (κ1) is 10.2. The number of amides is 1. The van der Waals surface area contributed by atoms with Crippen LogP contribution in [0.4, 0.5) is 0 Å². The smallest absolute Gasteiger partial charge is 0.254 e. The molecule has 15 heavy (non-hydrogen) atoms. The average Bonchev–Trinajstić information content (AvgIpc) is 2.77. The summed E-state index contributed by atoms with van der Waals surface area (Å²) in [5, 5.41) is 19.4. The molecule has 1 fully saturated rings. The van der Waals surface area contributed by atoms with Gasteiger partial charge in [-0.1, -0.05) is 0 Å². The molecule has 1 saturated heterocycles. The zero-order valence-electron chi connectivity index (χ0n) is 7.79. The lowest BCUT2D eigenvalue weighted by Crippen LogP contribution is -2.52. The van der Waals surface area contributed by atoms with E-state index in [1.807, 2.05) is 0 Å². The monoisotopic (exact) mass is 213 g/mol. The third kappa shape index (κ3) is 1.43. The highest BCUT2D eigenvalue weighted by Gasteiger charge is 2.53. The molecule has 1 aromatic rings. The van der Waals surface area contributed by atoms with Crippen LogP contribution < -0.4 is 5.73 Å². The molecule has 1 amide bonds. The number of aliphatic hydroxyl groups is 2. The molecule has 6 heteroatoms. The largest absolute Gasteiger partial charge is 0.466 e. The molecular formula is C9H11NO5. The fourth-order valence-corrected chi connectivity index (χ4v) is 1.55. The maximum atomic E-state index is 11.0. The number of ether oxygens (including phenoxy) is 1. The minimum absolute atomic E-state index is 0.338. The highest BCUT2D eigenvalue weighted by Crippen LogP contribution is 2.35. The minimum Gasteiger partial charge on any atom is -0.466 e. The van der Waals surface area contributed by atoms with E-state index in [9.17, 15) is 15.0 Å². The van der Waals surface area contributed by atoms with Gasteiger partial charge in [-0.25, -0.2) is 0 Å². The molecule has 2 heterocycles. The van der Waals surface area contributed by atoms with Gasteiger partial charge >= 0.3 is 0 Å². The molecule has 2 rings (SSSR count). The van der Waals surface area contributed by atoms with Gasteiger partial charge in [0.1, 0.15) is 18.0 Å². The van der Waals surface area contributed by atoms with Gasteiger partial charge in [0.25, 0.3) is 5.91 Å². The van der Waals surface area contributed by atoms with Crippen LogP contribution in [0, 0.1) is 0 Å². The molecule has 4 N–H and O–H groups in total. The first-order valence-electron chi connectivity index (χ1n) is 4.41. The van der Waals surface area contributed by atoms with Gasteiger partial charge in [-0.2, -0.15) is 0 Å². The van der Waals surface area contributed by atoms with Crippen LogP contribution in [0.2, 0.25) is 0 Å². The maximum Gasteiger partial charge on any atom is 0.254 e. The summed E-state index contributed by atoms with van der Waals surface area (Å²) >= 11 is 0. The zero-order chi connectivity index (χ0) is 11.1. The van der Waals surface area contributed by atoms with Crippen LogP contribution in [-0.4, -0.2) is 34.4 Å². The lowest BCUT2D eigenvalue weighted by Gasteiger charge is -2.21. The van der Waals surface area contributed by atoms with Gasteiger partial charge in [-0.3, -0.25) is 4.79 Å². The first-order valence-corrected chi connectivity index (χ1v) is 4.41. The van der Waals surface area contributed by atoms with Crippen molar-refractivity contribution in [2.45, 2.75) is 17.8 Å². The number of primary amides is 1. The summed E-state index contributed by atoms with van der Waals surface area (Å²) in [5.74, 6) is -0.663. The third-order valence-corrected chi connectivity index (χ3v) is 2.51. The Kier molecular flexibility index (Phi) is 2.26. The molecule has 0 bridgehead atoms. The van der Waals surface area contributed by atoms with Crippen LogP contribution in [0.5, 0.6) is 0 Å². The van der Waals surface area contributed by atoms with Crippen molar-refractivity contribution in [2.75, 3.05) is 6.61 Å². The topological polar surface area (TPSA) is 106 Å². The zero-order valence-corrected chi connectivity index (χ0v) is 7.79. The van der Waals surface area contributed by atoms with Crippen molar-refractivity contribution >= 4 is 5.91 Å². The molecule has 1 unspecified atom stereocenters. The highest BCUT2D eigenvalue weighted by atomic mass is 16.5. The van der Waals surface area contributed by atoms with Crippen molar-refractivity contribution in [3.8, 4) is 0 Å². The molecule has 0 aromatic carbocycles. The van der Waals surface area contributed by atoms with E-state index in [2.05, 4.69) is 0 Å². The van der Waals surface area contributed by atoms with Crippen LogP contribution in [0.1, 0.15) is 11.9 Å². The summed E-state index contributed by atoms with van der Waals surface area (Å²) in [4.78, 5) is 11.0. The Morgan fingerprint density at radius 2 is 2.40 bits per heavy atom. The minimum atomic E-state index is -2.04. The quantitative estimate of drug-likeness (QED) is 0.580. The number of hydrogen-bond acceptors (Lipinski definition) is 5. The standard InChI is InChI=1S/C9H11NO5/c10-8(12)9(13)4-15-6(7(9)11)5-2-1-3-14-5/h1-3,6-7,11,13H,4H2,(H2,10,12)/t6-,7+,9?/m0/s1. The van der Waals surface area contributed by atoms with Gasteiger partial charge in [0.15, 0.2) is 5.60 Å². The lowest BCUT2D eigenvalue weighted by molar-refractivity contribution is -0.144. The average molecular weight is 213 g/mol. The predicted octanol–water partition coefficient (Wildman–Crippen LogP) is -1.07. The van der Waals surface area contributed by atoms with Crippen LogP contribution >= 0.6 is 0 Å². The van der Waals surface area contributed by atoms with E-state index < -0.39 is 23.7 Å². The Labute approximate surface area is 85.2 Å². The van der Waals surface area contributed by atoms with Crippen LogP contribution in [0.3, 0.4) is 0 Å². The fourth-order valence-electron chi connectivity index (χ4n) is 1.55. The van der Waals surface area contributed by atoms with Crippen molar-refractivity contribution in [3.05, 3.63) is 24.2 Å². The number of furan rings is 1. The second kappa shape index (κ2) is 3.34. The van der Waals surface area contributed by atoms with E-state index >= 15 is 0 Å². The van der Waals surface area contributed by atoms with Gasteiger partial charge in [-0.05, 0) is 12.1 Å². The Morgan fingerprint density at radius 3 is 2.87 bits per heavy atom. The third-order valence-electron chi connectivity index (χ3n) is 2.51. The Hall–Kier alpha value is -1.37. The second-order valence-electron chi connectivity index (χ2n) is 3.48. The Morgan fingerprint density at radius 1 is 1.67 bits per heavy atom. The highest BCUT2D eigenvalue weighted by molar-refractivity contribution is 5.84. The number of carbonyl (C=O) groups excluding carboxylic acids is 1. The Balaban J connectivity index is 2.25. The van der Waals surface area contributed by atoms with E-state index in [1.54, 1.807) is 12.1 Å². The molecule has 0 saturated carbocycles. The van der Waals surface area contributed by atoms with Gasteiger partial charge in [0.2, 0.25) is 0 Å². The normalized spacial score (nSPS) is 35.6. The van der Waals surface area contributed by atoms with Gasteiger partial charge < -0.3 is 25.1 Å². The van der Waals surface area contributed by atoms with E-state index in [4.69, 9.17) is 14.9 Å². The van der Waals surface area contributed by atoms with Crippen molar-refractivity contribution in [3.63, 3.8) is 0 Å². The number of hydrogen-bond donors (Lipinski definition) is 3. The van der Waals surface area contributed by atoms with Crippen molar-refractivity contribution < 1.29 is 24.2 Å². The van der Waals surface area contributed by atoms with Crippen LogP contribution in [0.15, 0.2) is 22.8 Å². The molecule has 82 valence electrons.